The molecule has 2 fully saturated rings. The number of hydrogen-bond acceptors (Lipinski definition) is 4. The smallest absolute Gasteiger partial charge is 0.264 e. The Bertz CT molecular complexity index is 524. The van der Waals surface area contributed by atoms with Gasteiger partial charge in [-0.3, -0.25) is 9.59 Å². The van der Waals surface area contributed by atoms with E-state index in [-0.39, 0.29) is 11.8 Å². The predicted octanol–water partition coefficient (Wildman–Crippen LogP) is 1.57. The van der Waals surface area contributed by atoms with E-state index in [1.807, 2.05) is 6.92 Å². The van der Waals surface area contributed by atoms with Crippen LogP contribution in [0.1, 0.15) is 18.5 Å². The minimum atomic E-state index is -0.488. The van der Waals surface area contributed by atoms with Gasteiger partial charge in [-0.05, 0) is 47.8 Å². The second kappa shape index (κ2) is 4.13. The van der Waals surface area contributed by atoms with Gasteiger partial charge >= 0.3 is 0 Å². The quantitative estimate of drug-likeness (QED) is 0.739. The third kappa shape index (κ3) is 1.67. The van der Waals surface area contributed by atoms with E-state index in [1.165, 1.54) is 0 Å². The number of carbonyl (C=O) groups is 2. The molecule has 2 aliphatic rings. The highest BCUT2D eigenvalue weighted by molar-refractivity contribution is 9.10. The highest BCUT2D eigenvalue weighted by Gasteiger charge is 2.47. The number of morpholine rings is 1. The third-order valence-corrected chi connectivity index (χ3v) is 4.09. The van der Waals surface area contributed by atoms with Crippen LogP contribution in [0.5, 0.6) is 0 Å². The Morgan fingerprint density at radius 1 is 1.28 bits per heavy atom. The lowest BCUT2D eigenvalue weighted by Crippen LogP contribution is -2.52. The van der Waals surface area contributed by atoms with Gasteiger partial charge < -0.3 is 4.74 Å². The summed E-state index contributed by atoms with van der Waals surface area (Å²) in [5.74, 6) is -0.225. The molecule has 2 unspecified atom stereocenters. The molecule has 6 heteroatoms. The van der Waals surface area contributed by atoms with Crippen LogP contribution in [0.4, 0.5) is 5.82 Å². The zero-order chi connectivity index (χ0) is 12.9. The van der Waals surface area contributed by atoms with Crippen molar-refractivity contribution in [1.82, 2.24) is 4.98 Å². The predicted molar refractivity (Wildman–Crippen MR) is 67.1 cm³/mol. The molecule has 2 bridgehead atoms. The van der Waals surface area contributed by atoms with Crippen molar-refractivity contribution < 1.29 is 14.3 Å². The monoisotopic (exact) mass is 310 g/mol. The summed E-state index contributed by atoms with van der Waals surface area (Å²) in [5.41, 5.74) is 0.743. The lowest BCUT2D eigenvalue weighted by molar-refractivity contribution is -0.146. The first-order chi connectivity index (χ1) is 8.58. The lowest BCUT2D eigenvalue weighted by Gasteiger charge is -2.29. The second-order valence-corrected chi connectivity index (χ2v) is 5.29. The summed E-state index contributed by atoms with van der Waals surface area (Å²) in [5, 5.41) is 0. The number of rotatable bonds is 1. The molecule has 2 atom stereocenters. The van der Waals surface area contributed by atoms with Crippen LogP contribution >= 0.6 is 15.9 Å². The molecule has 0 radical (unpaired) electrons. The van der Waals surface area contributed by atoms with Gasteiger partial charge in [0, 0.05) is 4.47 Å². The Morgan fingerprint density at radius 2 is 1.89 bits per heavy atom. The Balaban J connectivity index is 2.02. The molecular weight excluding hydrogens is 300 g/mol. The molecule has 3 heterocycles. The highest BCUT2D eigenvalue weighted by Crippen LogP contribution is 2.31. The summed E-state index contributed by atoms with van der Waals surface area (Å²) in [6.45, 7) is 1.82. The first kappa shape index (κ1) is 11.8. The number of ether oxygens (including phenoxy) is 1. The van der Waals surface area contributed by atoms with E-state index in [4.69, 9.17) is 4.74 Å². The summed E-state index contributed by atoms with van der Waals surface area (Å²) in [6, 6.07) is 3.45. The molecule has 0 spiro atoms. The van der Waals surface area contributed by atoms with Gasteiger partial charge in [-0.25, -0.2) is 9.88 Å². The molecule has 0 N–H and O–H groups in total. The first-order valence-corrected chi connectivity index (χ1v) is 6.53. The van der Waals surface area contributed by atoms with E-state index >= 15 is 0 Å². The van der Waals surface area contributed by atoms with Crippen molar-refractivity contribution >= 4 is 33.6 Å². The number of anilines is 1. The van der Waals surface area contributed by atoms with Gasteiger partial charge in [-0.2, -0.15) is 0 Å². The van der Waals surface area contributed by atoms with Gasteiger partial charge in [0.1, 0.15) is 18.0 Å². The molecule has 2 saturated heterocycles. The van der Waals surface area contributed by atoms with Crippen LogP contribution in [-0.4, -0.2) is 29.0 Å². The van der Waals surface area contributed by atoms with Gasteiger partial charge in [0.25, 0.3) is 11.8 Å². The maximum atomic E-state index is 12.1. The van der Waals surface area contributed by atoms with Crippen molar-refractivity contribution in [2.24, 2.45) is 0 Å². The van der Waals surface area contributed by atoms with Gasteiger partial charge in [-0.15, -0.1) is 0 Å². The molecule has 18 heavy (non-hydrogen) atoms. The van der Waals surface area contributed by atoms with Crippen molar-refractivity contribution in [3.8, 4) is 0 Å². The highest BCUT2D eigenvalue weighted by atomic mass is 79.9. The number of hydrogen-bond donors (Lipinski definition) is 0. The molecule has 0 saturated carbocycles. The average molecular weight is 311 g/mol. The van der Waals surface area contributed by atoms with E-state index in [0.29, 0.717) is 18.7 Å². The summed E-state index contributed by atoms with van der Waals surface area (Å²) < 4.78 is 6.20. The molecule has 0 aliphatic carbocycles. The van der Waals surface area contributed by atoms with Gasteiger partial charge in [0.15, 0.2) is 0 Å². The number of halogens is 1. The Morgan fingerprint density at radius 3 is 2.44 bits per heavy atom. The molecule has 1 aromatic rings. The number of amides is 2. The van der Waals surface area contributed by atoms with Crippen LogP contribution in [-0.2, 0) is 14.3 Å². The van der Waals surface area contributed by atoms with Crippen LogP contribution in [0.15, 0.2) is 16.6 Å². The van der Waals surface area contributed by atoms with Crippen molar-refractivity contribution in [2.45, 2.75) is 32.0 Å². The van der Waals surface area contributed by atoms with E-state index in [0.717, 1.165) is 15.1 Å². The maximum absolute atomic E-state index is 12.1. The SMILES string of the molecule is Cc1nc(N2C(=O)C3CCC(O3)C2=O)ccc1Br. The largest absolute Gasteiger partial charge is 0.355 e. The minimum Gasteiger partial charge on any atom is -0.355 e. The number of carbonyl (C=O) groups excluding carboxylic acids is 2. The van der Waals surface area contributed by atoms with E-state index in [2.05, 4.69) is 20.9 Å². The zero-order valence-corrected chi connectivity index (χ0v) is 11.3. The zero-order valence-electron chi connectivity index (χ0n) is 9.72. The molecule has 2 amide bonds. The van der Waals surface area contributed by atoms with Gasteiger partial charge in [-0.1, -0.05) is 0 Å². The minimum absolute atomic E-state index is 0.303. The number of imide groups is 1. The second-order valence-electron chi connectivity index (χ2n) is 4.44. The fourth-order valence-corrected chi connectivity index (χ4v) is 2.50. The molecule has 0 aromatic carbocycles. The Kier molecular flexibility index (Phi) is 2.71. The fourth-order valence-electron chi connectivity index (χ4n) is 2.28. The summed E-state index contributed by atoms with van der Waals surface area (Å²) in [7, 11) is 0. The maximum Gasteiger partial charge on any atom is 0.264 e. The molecule has 1 aromatic heterocycles. The summed E-state index contributed by atoms with van der Waals surface area (Å²) in [6.07, 6.45) is 0.250. The third-order valence-electron chi connectivity index (χ3n) is 3.25. The van der Waals surface area contributed by atoms with E-state index in [9.17, 15) is 9.59 Å². The average Bonchev–Trinajstić information content (AvgIpc) is 2.78. The Labute approximate surface area is 112 Å². The number of aryl methyl sites for hydroxylation is 1. The van der Waals surface area contributed by atoms with Crippen molar-refractivity contribution in [1.29, 1.82) is 0 Å². The summed E-state index contributed by atoms with van der Waals surface area (Å²) >= 11 is 3.34. The lowest BCUT2D eigenvalue weighted by atomic mass is 10.2. The van der Waals surface area contributed by atoms with Crippen LogP contribution in [0, 0.1) is 6.92 Å². The van der Waals surface area contributed by atoms with E-state index in [1.54, 1.807) is 12.1 Å². The molecule has 2 aliphatic heterocycles. The molecule has 3 rings (SSSR count). The molecular formula is C12H11BrN2O3. The van der Waals surface area contributed by atoms with Crippen molar-refractivity contribution in [3.05, 3.63) is 22.3 Å². The number of nitrogens with zero attached hydrogens (tertiary/aromatic N) is 2. The van der Waals surface area contributed by atoms with Crippen LogP contribution in [0.3, 0.4) is 0 Å². The van der Waals surface area contributed by atoms with Crippen LogP contribution < -0.4 is 4.90 Å². The van der Waals surface area contributed by atoms with Crippen LogP contribution in [0.2, 0.25) is 0 Å². The molecule has 94 valence electrons. The van der Waals surface area contributed by atoms with Gasteiger partial charge in [0.2, 0.25) is 0 Å². The molecule has 5 nitrogen and oxygen atoms in total. The number of aromatic nitrogens is 1. The topological polar surface area (TPSA) is 59.5 Å². The van der Waals surface area contributed by atoms with Crippen molar-refractivity contribution in [2.75, 3.05) is 4.90 Å². The summed E-state index contributed by atoms with van der Waals surface area (Å²) in [4.78, 5) is 29.7. The standard InChI is InChI=1S/C12H11BrN2O3/c1-6-7(13)2-5-10(14-6)15-11(16)8-3-4-9(18-8)12(15)17/h2,5,8-9H,3-4H2,1H3. The first-order valence-electron chi connectivity index (χ1n) is 5.74. The van der Waals surface area contributed by atoms with E-state index < -0.39 is 12.2 Å². The fraction of sp³-hybridized carbons (Fsp3) is 0.417. The number of fused-ring (bicyclic) bond motifs is 2. The number of pyridine rings is 1. The Hall–Kier alpha value is -1.27. The van der Waals surface area contributed by atoms with Crippen molar-refractivity contribution in [3.63, 3.8) is 0 Å². The van der Waals surface area contributed by atoms with Gasteiger partial charge in [0.05, 0.1) is 5.69 Å². The van der Waals surface area contributed by atoms with Crippen LogP contribution in [0.25, 0.3) is 0 Å². The normalized spacial score (nSPS) is 26.9.